The molecule has 0 radical (unpaired) electrons. The molecule has 1 heterocycles. The Hall–Kier alpha value is -2.77. The van der Waals surface area contributed by atoms with Crippen LogP contribution in [0.3, 0.4) is 0 Å². The molecule has 146 valence electrons. The highest BCUT2D eigenvalue weighted by atomic mass is 35.5. The van der Waals surface area contributed by atoms with Crippen molar-refractivity contribution in [3.8, 4) is 5.75 Å². The Balaban J connectivity index is 1.60. The van der Waals surface area contributed by atoms with E-state index in [1.807, 2.05) is 24.4 Å². The first-order chi connectivity index (χ1) is 13.4. The van der Waals surface area contributed by atoms with Crippen molar-refractivity contribution in [2.24, 2.45) is 0 Å². The molecule has 0 atom stereocenters. The molecule has 2 aromatic carbocycles. The van der Waals surface area contributed by atoms with Crippen LogP contribution in [0.1, 0.15) is 5.56 Å². The Morgan fingerprint density at radius 1 is 1.25 bits per heavy atom. The first-order valence-electron chi connectivity index (χ1n) is 8.50. The van der Waals surface area contributed by atoms with E-state index in [2.05, 4.69) is 10.3 Å². The van der Waals surface area contributed by atoms with Crippen LogP contribution in [0.2, 0.25) is 5.02 Å². The fourth-order valence-electron chi connectivity index (χ4n) is 2.77. The van der Waals surface area contributed by atoms with Crippen molar-refractivity contribution in [2.75, 3.05) is 13.7 Å². The predicted molar refractivity (Wildman–Crippen MR) is 109 cm³/mol. The van der Waals surface area contributed by atoms with Gasteiger partial charge in [-0.3, -0.25) is 4.79 Å². The van der Waals surface area contributed by atoms with Gasteiger partial charge in [0, 0.05) is 35.1 Å². The summed E-state index contributed by atoms with van der Waals surface area (Å²) in [6.45, 7) is 0.361. The van der Waals surface area contributed by atoms with Crippen LogP contribution in [0.4, 0.5) is 0 Å². The molecule has 0 bridgehead atoms. The minimum atomic E-state index is -3.78. The summed E-state index contributed by atoms with van der Waals surface area (Å²) in [6.07, 6.45) is 3.47. The zero-order valence-electron chi connectivity index (χ0n) is 15.1. The second kappa shape index (κ2) is 8.50. The molecule has 0 aliphatic carbocycles. The number of fused-ring (bicyclic) bond motifs is 1. The molecule has 2 N–H and O–H groups in total. The lowest BCUT2D eigenvalue weighted by Gasteiger charge is -2.04. The summed E-state index contributed by atoms with van der Waals surface area (Å²) in [5.74, 6) is 0.262. The average molecular weight is 419 g/mol. The number of nitrogens with one attached hydrogen (secondary N) is 2. The largest absolute Gasteiger partial charge is 0.497 e. The second-order valence-corrected chi connectivity index (χ2v) is 8.25. The maximum atomic E-state index is 12.3. The smallest absolute Gasteiger partial charge is 0.244 e. The Labute approximate surface area is 168 Å². The lowest BCUT2D eigenvalue weighted by Crippen LogP contribution is -2.23. The molecule has 28 heavy (non-hydrogen) atoms. The number of ether oxygens (including phenoxy) is 1. The predicted octanol–water partition coefficient (Wildman–Crippen LogP) is 3.48. The molecule has 0 unspecified atom stereocenters. The van der Waals surface area contributed by atoms with E-state index in [-0.39, 0.29) is 9.92 Å². The molecule has 3 rings (SSSR count). The molecule has 6 nitrogen and oxygen atoms in total. The number of aromatic amines is 1. The maximum Gasteiger partial charge on any atom is 0.244 e. The molecule has 0 aliphatic heterocycles. The number of methoxy groups -OCH3 is 1. The zero-order valence-corrected chi connectivity index (χ0v) is 16.7. The third kappa shape index (κ3) is 4.55. The Kier molecular flexibility index (Phi) is 6.06. The number of halogens is 1. The lowest BCUT2D eigenvalue weighted by atomic mass is 10.1. The van der Waals surface area contributed by atoms with E-state index in [9.17, 15) is 13.2 Å². The number of aromatic nitrogens is 1. The van der Waals surface area contributed by atoms with E-state index < -0.39 is 15.7 Å². The number of benzene rings is 2. The standard InChI is InChI=1S/C20H19ClN2O4S/c1-27-15-6-7-18-16(12-15)14(13-23-18)8-10-22-20(24)9-11-28(25,26)19-5-3-2-4-17(19)21/h2-7,9,11-13,23H,8,10H2,1H3,(H,22,24)/b11-9+. The summed E-state index contributed by atoms with van der Waals surface area (Å²) < 4.78 is 29.8. The third-order valence-electron chi connectivity index (χ3n) is 4.21. The number of amides is 1. The summed E-state index contributed by atoms with van der Waals surface area (Å²) >= 11 is 5.91. The summed E-state index contributed by atoms with van der Waals surface area (Å²) in [5.41, 5.74) is 2.01. The van der Waals surface area contributed by atoms with E-state index >= 15 is 0 Å². The van der Waals surface area contributed by atoms with Gasteiger partial charge in [0.1, 0.15) is 5.75 Å². The van der Waals surface area contributed by atoms with Gasteiger partial charge in [0.15, 0.2) is 0 Å². The van der Waals surface area contributed by atoms with Crippen LogP contribution in [0.15, 0.2) is 65.0 Å². The van der Waals surface area contributed by atoms with E-state index in [0.717, 1.165) is 33.7 Å². The zero-order chi connectivity index (χ0) is 20.1. The minimum absolute atomic E-state index is 0.0338. The van der Waals surface area contributed by atoms with E-state index in [4.69, 9.17) is 16.3 Å². The molecule has 3 aromatic rings. The topological polar surface area (TPSA) is 88.3 Å². The fraction of sp³-hybridized carbons (Fsp3) is 0.150. The van der Waals surface area contributed by atoms with Crippen molar-refractivity contribution in [3.63, 3.8) is 0 Å². The van der Waals surface area contributed by atoms with Gasteiger partial charge in [-0.1, -0.05) is 23.7 Å². The number of H-pyrrole nitrogens is 1. The van der Waals surface area contributed by atoms with Crippen LogP contribution in [-0.4, -0.2) is 33.0 Å². The Bertz CT molecular complexity index is 1140. The fourth-order valence-corrected chi connectivity index (χ4v) is 4.29. The molecular weight excluding hydrogens is 400 g/mol. The first-order valence-corrected chi connectivity index (χ1v) is 10.4. The molecule has 0 fully saturated rings. The van der Waals surface area contributed by atoms with Gasteiger partial charge >= 0.3 is 0 Å². The Morgan fingerprint density at radius 3 is 2.79 bits per heavy atom. The van der Waals surface area contributed by atoms with Gasteiger partial charge in [-0.05, 0) is 42.3 Å². The SMILES string of the molecule is COc1ccc2[nH]cc(CCNC(=O)/C=C/S(=O)(=O)c3ccccc3Cl)c2c1. The van der Waals surface area contributed by atoms with Gasteiger partial charge < -0.3 is 15.0 Å². The van der Waals surface area contributed by atoms with Crippen molar-refractivity contribution in [1.29, 1.82) is 0 Å². The van der Waals surface area contributed by atoms with Crippen LogP contribution < -0.4 is 10.1 Å². The molecule has 0 aliphatic rings. The number of hydrogen-bond acceptors (Lipinski definition) is 4. The van der Waals surface area contributed by atoms with Gasteiger partial charge in [-0.25, -0.2) is 8.42 Å². The van der Waals surface area contributed by atoms with E-state index in [0.29, 0.717) is 13.0 Å². The van der Waals surface area contributed by atoms with Gasteiger partial charge in [-0.15, -0.1) is 0 Å². The number of carbonyl (C=O) groups is 1. The van der Waals surface area contributed by atoms with E-state index in [1.54, 1.807) is 19.2 Å². The molecule has 1 aromatic heterocycles. The van der Waals surface area contributed by atoms with Gasteiger partial charge in [0.25, 0.3) is 0 Å². The minimum Gasteiger partial charge on any atom is -0.497 e. The van der Waals surface area contributed by atoms with Crippen molar-refractivity contribution in [3.05, 3.63) is 70.7 Å². The lowest BCUT2D eigenvalue weighted by molar-refractivity contribution is -0.116. The normalized spacial score (nSPS) is 11.8. The van der Waals surface area contributed by atoms with Crippen LogP contribution in [0, 0.1) is 0 Å². The third-order valence-corrected chi connectivity index (χ3v) is 6.11. The summed E-state index contributed by atoms with van der Waals surface area (Å²) in [5, 5.41) is 4.68. The monoisotopic (exact) mass is 418 g/mol. The summed E-state index contributed by atoms with van der Waals surface area (Å²) in [6, 6.07) is 11.8. The molecule has 0 spiro atoms. The number of sulfone groups is 1. The molecule has 0 saturated carbocycles. The van der Waals surface area contributed by atoms with Gasteiger partial charge in [0.05, 0.1) is 17.0 Å². The van der Waals surface area contributed by atoms with Gasteiger partial charge in [0.2, 0.25) is 15.7 Å². The molecule has 8 heteroatoms. The van der Waals surface area contributed by atoms with Gasteiger partial charge in [-0.2, -0.15) is 0 Å². The Morgan fingerprint density at radius 2 is 2.04 bits per heavy atom. The molecule has 0 saturated heterocycles. The number of hydrogen-bond donors (Lipinski definition) is 2. The number of carbonyl (C=O) groups excluding carboxylic acids is 1. The van der Waals surface area contributed by atoms with E-state index in [1.165, 1.54) is 12.1 Å². The highest BCUT2D eigenvalue weighted by molar-refractivity contribution is 7.94. The summed E-state index contributed by atoms with van der Waals surface area (Å²) in [4.78, 5) is 15.1. The highest BCUT2D eigenvalue weighted by Gasteiger charge is 2.14. The van der Waals surface area contributed by atoms with Crippen molar-refractivity contribution in [1.82, 2.24) is 10.3 Å². The first kappa shape index (κ1) is 20.0. The number of rotatable bonds is 7. The van der Waals surface area contributed by atoms with Crippen molar-refractivity contribution < 1.29 is 17.9 Å². The average Bonchev–Trinajstić information content (AvgIpc) is 3.09. The van der Waals surface area contributed by atoms with Crippen LogP contribution in [-0.2, 0) is 21.1 Å². The van der Waals surface area contributed by atoms with Crippen molar-refractivity contribution >= 4 is 38.2 Å². The quantitative estimate of drug-likeness (QED) is 0.575. The van der Waals surface area contributed by atoms with Crippen LogP contribution >= 0.6 is 11.6 Å². The molecule has 1 amide bonds. The molecular formula is C20H19ClN2O4S. The maximum absolute atomic E-state index is 12.3. The van der Waals surface area contributed by atoms with Crippen molar-refractivity contribution in [2.45, 2.75) is 11.3 Å². The second-order valence-electron chi connectivity index (χ2n) is 6.04. The van der Waals surface area contributed by atoms with Crippen LogP contribution in [0.25, 0.3) is 10.9 Å². The van der Waals surface area contributed by atoms with Crippen LogP contribution in [0.5, 0.6) is 5.75 Å². The summed E-state index contributed by atoms with van der Waals surface area (Å²) in [7, 11) is -2.18. The highest BCUT2D eigenvalue weighted by Crippen LogP contribution is 2.24.